The van der Waals surface area contributed by atoms with Crippen LogP contribution in [0.4, 0.5) is 4.39 Å². The quantitative estimate of drug-likeness (QED) is 0.499. The van der Waals surface area contributed by atoms with Gasteiger partial charge >= 0.3 is 0 Å². The molecule has 0 radical (unpaired) electrons. The highest BCUT2D eigenvalue weighted by molar-refractivity contribution is 6.33. The van der Waals surface area contributed by atoms with Crippen molar-refractivity contribution >= 4 is 11.6 Å². The molecule has 5 heteroatoms. The molecule has 146 valence electrons. The van der Waals surface area contributed by atoms with E-state index in [0.29, 0.717) is 29.5 Å². The standard InChI is InChI=1S/C24H20ClFN2O/c1-15-17-10-11-24(15,14-29-13-16-6-3-2-4-7-16)23-18(17)12-21(27-28-23)22-19(25)8-5-9-20(22)26/h2-9,12,17H,1,10-11,13-14H2/t17-,24-/m0/s1. The van der Waals surface area contributed by atoms with Crippen molar-refractivity contribution < 1.29 is 9.13 Å². The third kappa shape index (κ3) is 2.90. The second kappa shape index (κ2) is 7.05. The van der Waals surface area contributed by atoms with E-state index >= 15 is 0 Å². The first-order valence-corrected chi connectivity index (χ1v) is 10.1. The Morgan fingerprint density at radius 1 is 1.14 bits per heavy atom. The molecule has 0 saturated heterocycles. The Morgan fingerprint density at radius 2 is 1.97 bits per heavy atom. The van der Waals surface area contributed by atoms with Gasteiger partial charge in [0.1, 0.15) is 5.82 Å². The van der Waals surface area contributed by atoms with E-state index in [2.05, 4.69) is 28.9 Å². The van der Waals surface area contributed by atoms with Gasteiger partial charge in [0.25, 0.3) is 0 Å². The Kier molecular flexibility index (Phi) is 4.49. The molecule has 0 aliphatic heterocycles. The Morgan fingerprint density at radius 3 is 2.76 bits per heavy atom. The predicted octanol–water partition coefficient (Wildman–Crippen LogP) is 5.84. The number of hydrogen-bond donors (Lipinski definition) is 0. The minimum atomic E-state index is -0.394. The van der Waals surface area contributed by atoms with Crippen molar-refractivity contribution in [2.45, 2.75) is 30.8 Å². The zero-order valence-corrected chi connectivity index (χ0v) is 16.6. The summed E-state index contributed by atoms with van der Waals surface area (Å²) in [5, 5.41) is 9.20. The lowest BCUT2D eigenvalue weighted by atomic mass is 9.82. The Hall–Kier alpha value is -2.56. The van der Waals surface area contributed by atoms with Crippen LogP contribution >= 0.6 is 11.6 Å². The third-order valence-electron chi connectivity index (χ3n) is 6.23. The van der Waals surface area contributed by atoms with Crippen LogP contribution in [0, 0.1) is 5.82 Å². The van der Waals surface area contributed by atoms with Crippen molar-refractivity contribution in [3.8, 4) is 11.3 Å². The number of nitrogens with zero attached hydrogens (tertiary/aromatic N) is 2. The molecule has 29 heavy (non-hydrogen) atoms. The maximum atomic E-state index is 14.4. The van der Waals surface area contributed by atoms with Gasteiger partial charge in [0.15, 0.2) is 0 Å². The van der Waals surface area contributed by atoms with E-state index in [0.717, 1.165) is 35.2 Å². The molecule has 2 atom stereocenters. The van der Waals surface area contributed by atoms with Gasteiger partial charge in [-0.2, -0.15) is 10.2 Å². The van der Waals surface area contributed by atoms with Crippen molar-refractivity contribution in [2.24, 2.45) is 0 Å². The van der Waals surface area contributed by atoms with Crippen LogP contribution in [0.2, 0.25) is 5.02 Å². The second-order valence-corrected chi connectivity index (χ2v) is 8.21. The minimum absolute atomic E-state index is 0.213. The van der Waals surface area contributed by atoms with Gasteiger partial charge in [0.05, 0.1) is 40.6 Å². The summed E-state index contributed by atoms with van der Waals surface area (Å²) in [6.45, 7) is 5.46. The van der Waals surface area contributed by atoms with Crippen molar-refractivity contribution in [1.82, 2.24) is 10.2 Å². The van der Waals surface area contributed by atoms with E-state index in [1.807, 2.05) is 24.3 Å². The molecule has 5 rings (SSSR count). The van der Waals surface area contributed by atoms with Crippen LogP contribution < -0.4 is 0 Å². The van der Waals surface area contributed by atoms with Crippen molar-refractivity contribution in [3.05, 3.63) is 94.4 Å². The zero-order valence-electron chi connectivity index (χ0n) is 15.9. The molecule has 1 heterocycles. The van der Waals surface area contributed by atoms with Crippen molar-refractivity contribution in [3.63, 3.8) is 0 Å². The highest BCUT2D eigenvalue weighted by atomic mass is 35.5. The lowest BCUT2D eigenvalue weighted by molar-refractivity contribution is 0.0830. The molecule has 2 aromatic carbocycles. The summed E-state index contributed by atoms with van der Waals surface area (Å²) in [6.07, 6.45) is 1.95. The third-order valence-corrected chi connectivity index (χ3v) is 6.54. The van der Waals surface area contributed by atoms with Gasteiger partial charge < -0.3 is 4.74 Å². The smallest absolute Gasteiger partial charge is 0.134 e. The number of hydrogen-bond acceptors (Lipinski definition) is 3. The number of benzene rings is 2. The number of fused-ring (bicyclic) bond motifs is 5. The molecule has 2 aliphatic carbocycles. The first kappa shape index (κ1) is 18.5. The molecule has 0 amide bonds. The molecule has 0 unspecified atom stereocenters. The number of rotatable bonds is 5. The van der Waals surface area contributed by atoms with Crippen LogP contribution in [0.15, 0.2) is 66.7 Å². The predicted molar refractivity (Wildman–Crippen MR) is 111 cm³/mol. The monoisotopic (exact) mass is 406 g/mol. The van der Waals surface area contributed by atoms with Gasteiger partial charge in [-0.3, -0.25) is 0 Å². The van der Waals surface area contributed by atoms with Gasteiger partial charge in [-0.25, -0.2) is 4.39 Å². The van der Waals surface area contributed by atoms with Gasteiger partial charge in [0, 0.05) is 5.92 Å². The first-order chi connectivity index (χ1) is 14.1. The van der Waals surface area contributed by atoms with Crippen LogP contribution in [0.1, 0.15) is 35.6 Å². The minimum Gasteiger partial charge on any atom is -0.375 e. The lowest BCUT2D eigenvalue weighted by Gasteiger charge is -2.27. The topological polar surface area (TPSA) is 35.0 Å². The molecule has 1 saturated carbocycles. The van der Waals surface area contributed by atoms with E-state index in [1.165, 1.54) is 6.07 Å². The molecule has 0 N–H and O–H groups in total. The first-order valence-electron chi connectivity index (χ1n) is 9.73. The fraction of sp³-hybridized carbons (Fsp3) is 0.250. The number of ether oxygens (including phenoxy) is 1. The van der Waals surface area contributed by atoms with E-state index in [4.69, 9.17) is 16.3 Å². The molecular formula is C24H20ClFN2O. The van der Waals surface area contributed by atoms with Crippen LogP contribution in [-0.4, -0.2) is 16.8 Å². The van der Waals surface area contributed by atoms with Gasteiger partial charge in [-0.1, -0.05) is 60.2 Å². The number of aromatic nitrogens is 2. The summed E-state index contributed by atoms with van der Waals surface area (Å²) < 4.78 is 20.5. The largest absolute Gasteiger partial charge is 0.375 e. The number of halogens is 2. The average Bonchev–Trinajstić information content (AvgIpc) is 3.16. The molecule has 3 aromatic rings. The second-order valence-electron chi connectivity index (χ2n) is 7.81. The van der Waals surface area contributed by atoms with Gasteiger partial charge in [-0.15, -0.1) is 0 Å². The zero-order chi connectivity index (χ0) is 20.0. The van der Waals surface area contributed by atoms with E-state index in [-0.39, 0.29) is 11.3 Å². The molecule has 1 fully saturated rings. The Bertz CT molecular complexity index is 1080. The molecular weight excluding hydrogens is 387 g/mol. The van der Waals surface area contributed by atoms with Crippen LogP contribution in [0.5, 0.6) is 0 Å². The van der Waals surface area contributed by atoms with Gasteiger partial charge in [-0.05, 0) is 42.2 Å². The maximum Gasteiger partial charge on any atom is 0.134 e. The van der Waals surface area contributed by atoms with Crippen LogP contribution in [-0.2, 0) is 16.8 Å². The fourth-order valence-corrected chi connectivity index (χ4v) is 4.99. The SMILES string of the molecule is C=C1[C@@H]2CC[C@@]1(COCc1ccccc1)c1nnc(-c3c(F)cccc3Cl)cc12. The van der Waals surface area contributed by atoms with Crippen molar-refractivity contribution in [1.29, 1.82) is 0 Å². The summed E-state index contributed by atoms with van der Waals surface area (Å²) >= 11 is 6.23. The summed E-state index contributed by atoms with van der Waals surface area (Å²) in [4.78, 5) is 0. The van der Waals surface area contributed by atoms with E-state index < -0.39 is 5.82 Å². The molecule has 1 aromatic heterocycles. The molecule has 3 nitrogen and oxygen atoms in total. The highest BCUT2D eigenvalue weighted by Crippen LogP contribution is 2.59. The fourth-order valence-electron chi connectivity index (χ4n) is 4.73. The molecule has 0 spiro atoms. The normalized spacial score (nSPS) is 22.1. The Labute approximate surface area is 174 Å². The molecule has 2 aliphatic rings. The lowest BCUT2D eigenvalue weighted by Crippen LogP contribution is -2.30. The summed E-state index contributed by atoms with van der Waals surface area (Å²) in [5.41, 5.74) is 4.72. The van der Waals surface area contributed by atoms with Crippen LogP contribution in [0.25, 0.3) is 11.3 Å². The van der Waals surface area contributed by atoms with Crippen LogP contribution in [0.3, 0.4) is 0 Å². The summed E-state index contributed by atoms with van der Waals surface area (Å²) in [6, 6.07) is 16.7. The summed E-state index contributed by atoms with van der Waals surface area (Å²) in [7, 11) is 0. The Balaban J connectivity index is 1.46. The summed E-state index contributed by atoms with van der Waals surface area (Å²) in [5.74, 6) is -0.181. The van der Waals surface area contributed by atoms with E-state index in [1.54, 1.807) is 12.1 Å². The average molecular weight is 407 g/mol. The van der Waals surface area contributed by atoms with Gasteiger partial charge in [0.2, 0.25) is 0 Å². The highest BCUT2D eigenvalue weighted by Gasteiger charge is 2.54. The maximum absolute atomic E-state index is 14.4. The van der Waals surface area contributed by atoms with Crippen molar-refractivity contribution in [2.75, 3.05) is 6.61 Å². The molecule has 2 bridgehead atoms. The van der Waals surface area contributed by atoms with E-state index in [9.17, 15) is 4.39 Å².